The Labute approximate surface area is 159 Å². The van der Waals surface area contributed by atoms with Gasteiger partial charge in [0.15, 0.2) is 10.8 Å². The van der Waals surface area contributed by atoms with Crippen molar-refractivity contribution in [1.29, 1.82) is 0 Å². The molecule has 8 heteroatoms. The second kappa shape index (κ2) is 7.17. The molecule has 0 spiro atoms. The maximum atomic E-state index is 13.7. The summed E-state index contributed by atoms with van der Waals surface area (Å²) >= 11 is 7.40. The van der Waals surface area contributed by atoms with Crippen molar-refractivity contribution < 1.29 is 13.9 Å². The van der Waals surface area contributed by atoms with Crippen LogP contribution >= 0.6 is 22.9 Å². The molecule has 1 aromatic carbocycles. The van der Waals surface area contributed by atoms with Gasteiger partial charge in [-0.05, 0) is 38.5 Å². The quantitative estimate of drug-likeness (QED) is 0.796. The molecule has 2 heterocycles. The third-order valence-corrected chi connectivity index (χ3v) is 5.17. The monoisotopic (exact) mass is 393 g/mol. The number of nitrogens with one attached hydrogen (secondary N) is 1. The average molecular weight is 394 g/mol. The van der Waals surface area contributed by atoms with Gasteiger partial charge in [0.2, 0.25) is 0 Å². The third-order valence-electron chi connectivity index (χ3n) is 4.10. The first-order chi connectivity index (χ1) is 12.4. The summed E-state index contributed by atoms with van der Waals surface area (Å²) in [6.45, 7) is 5.53. The number of hydrogen-bond donors (Lipinski definition) is 1. The van der Waals surface area contributed by atoms with Crippen molar-refractivity contribution in [3.8, 4) is 0 Å². The largest absolute Gasteiger partial charge is 0.463 e. The van der Waals surface area contributed by atoms with Gasteiger partial charge in [0.05, 0.1) is 17.2 Å². The number of benzene rings is 1. The summed E-state index contributed by atoms with van der Waals surface area (Å²) in [5.41, 5.74) is 0.440. The van der Waals surface area contributed by atoms with Crippen LogP contribution in [0.2, 0.25) is 5.02 Å². The molecule has 0 aliphatic carbocycles. The minimum Gasteiger partial charge on any atom is -0.463 e. The highest BCUT2D eigenvalue weighted by atomic mass is 35.5. The van der Waals surface area contributed by atoms with E-state index in [9.17, 15) is 9.18 Å². The fraction of sp³-hybridized carbons (Fsp3) is 0.278. The van der Waals surface area contributed by atoms with Crippen molar-refractivity contribution in [3.63, 3.8) is 0 Å². The van der Waals surface area contributed by atoms with Gasteiger partial charge in [-0.15, -0.1) is 11.3 Å². The molecule has 1 aliphatic rings. The summed E-state index contributed by atoms with van der Waals surface area (Å²) in [6.07, 6.45) is 1.68. The first-order valence-electron chi connectivity index (χ1n) is 7.97. The maximum Gasteiger partial charge on any atom is 0.338 e. The van der Waals surface area contributed by atoms with E-state index in [4.69, 9.17) is 21.3 Å². The lowest BCUT2D eigenvalue weighted by Crippen LogP contribution is -2.41. The summed E-state index contributed by atoms with van der Waals surface area (Å²) in [5.74, 6) is -0.480. The van der Waals surface area contributed by atoms with Crippen molar-refractivity contribution in [2.75, 3.05) is 6.61 Å². The van der Waals surface area contributed by atoms with Crippen LogP contribution in [-0.2, 0) is 15.1 Å². The Morgan fingerprint density at radius 3 is 2.85 bits per heavy atom. The number of halogens is 2. The number of aromatic nitrogens is 1. The Morgan fingerprint density at radius 1 is 1.46 bits per heavy atom. The molecule has 0 saturated heterocycles. The molecule has 0 bridgehead atoms. The molecule has 0 fully saturated rings. The van der Waals surface area contributed by atoms with E-state index < -0.39 is 17.3 Å². The highest BCUT2D eigenvalue weighted by Gasteiger charge is 2.41. The summed E-state index contributed by atoms with van der Waals surface area (Å²) < 4.78 is 18.9. The molecular weight excluding hydrogens is 377 g/mol. The van der Waals surface area contributed by atoms with Crippen molar-refractivity contribution >= 4 is 34.7 Å². The number of hydrogen-bond acceptors (Lipinski definition) is 6. The minimum absolute atomic E-state index is 0.0332. The summed E-state index contributed by atoms with van der Waals surface area (Å²) in [6, 6.07) is 4.32. The SMILES string of the molecule is CCOC(=O)C1=C(C)NC(c2nccs2)=NC1(C)c1ccc(F)c(Cl)c1. The lowest BCUT2D eigenvalue weighted by atomic mass is 9.82. The molecule has 1 unspecified atom stereocenters. The molecule has 136 valence electrons. The van der Waals surface area contributed by atoms with E-state index in [-0.39, 0.29) is 11.6 Å². The number of rotatable bonds is 4. The first kappa shape index (κ1) is 18.5. The van der Waals surface area contributed by atoms with Gasteiger partial charge in [0, 0.05) is 17.3 Å². The number of ether oxygens (including phenoxy) is 1. The van der Waals surface area contributed by atoms with Crippen molar-refractivity contribution in [1.82, 2.24) is 10.3 Å². The number of carbonyl (C=O) groups excluding carboxylic acids is 1. The van der Waals surface area contributed by atoms with Gasteiger partial charge in [0.1, 0.15) is 11.4 Å². The van der Waals surface area contributed by atoms with Crippen LogP contribution in [0.25, 0.3) is 0 Å². The topological polar surface area (TPSA) is 63.6 Å². The van der Waals surface area contributed by atoms with Crippen molar-refractivity contribution in [2.24, 2.45) is 4.99 Å². The number of nitrogens with zero attached hydrogens (tertiary/aromatic N) is 2. The normalized spacial score (nSPS) is 19.8. The molecule has 1 aliphatic heterocycles. The van der Waals surface area contributed by atoms with Crippen LogP contribution in [0.15, 0.2) is 46.0 Å². The minimum atomic E-state index is -1.10. The zero-order valence-corrected chi connectivity index (χ0v) is 16.0. The van der Waals surface area contributed by atoms with E-state index in [1.165, 1.54) is 23.5 Å². The molecule has 0 radical (unpaired) electrons. The summed E-state index contributed by atoms with van der Waals surface area (Å²) in [4.78, 5) is 21.7. The number of carbonyl (C=O) groups is 1. The second-order valence-corrected chi connectivity index (χ2v) is 7.15. The molecule has 0 amide bonds. The fourth-order valence-electron chi connectivity index (χ4n) is 2.92. The van der Waals surface area contributed by atoms with Gasteiger partial charge in [-0.3, -0.25) is 0 Å². The van der Waals surface area contributed by atoms with E-state index in [0.29, 0.717) is 27.7 Å². The lowest BCUT2D eigenvalue weighted by Gasteiger charge is -2.34. The van der Waals surface area contributed by atoms with Crippen LogP contribution in [-0.4, -0.2) is 23.4 Å². The van der Waals surface area contributed by atoms with Crippen LogP contribution in [0.5, 0.6) is 0 Å². The molecular formula is C18H17ClFN3O2S. The van der Waals surface area contributed by atoms with Gasteiger partial charge in [-0.25, -0.2) is 19.2 Å². The van der Waals surface area contributed by atoms with Gasteiger partial charge in [0.25, 0.3) is 0 Å². The third kappa shape index (κ3) is 3.24. The Bertz CT molecular complexity index is 911. The van der Waals surface area contributed by atoms with Gasteiger partial charge in [-0.1, -0.05) is 17.7 Å². The van der Waals surface area contributed by atoms with Crippen LogP contribution in [0.4, 0.5) is 4.39 Å². The number of esters is 1. The molecule has 2 aromatic rings. The molecule has 26 heavy (non-hydrogen) atoms. The molecule has 5 nitrogen and oxygen atoms in total. The van der Waals surface area contributed by atoms with Crippen LogP contribution in [0.1, 0.15) is 31.3 Å². The highest BCUT2D eigenvalue weighted by Crippen LogP contribution is 2.39. The molecule has 1 aromatic heterocycles. The van der Waals surface area contributed by atoms with Crippen molar-refractivity contribution in [3.05, 3.63) is 62.5 Å². The summed E-state index contributed by atoms with van der Waals surface area (Å²) in [7, 11) is 0. The van der Waals surface area contributed by atoms with E-state index in [1.54, 1.807) is 33.0 Å². The zero-order valence-electron chi connectivity index (χ0n) is 14.5. The Kier molecular flexibility index (Phi) is 5.11. The van der Waals surface area contributed by atoms with E-state index in [0.717, 1.165) is 0 Å². The predicted molar refractivity (Wildman–Crippen MR) is 99.9 cm³/mol. The number of amidine groups is 1. The lowest BCUT2D eigenvalue weighted by molar-refractivity contribution is -0.139. The van der Waals surface area contributed by atoms with Gasteiger partial charge in [-0.2, -0.15) is 0 Å². The summed E-state index contributed by atoms with van der Waals surface area (Å²) in [5, 5.41) is 5.62. The standard InChI is InChI=1S/C18H17ClFN3O2S/c1-4-25-17(24)14-10(2)22-15(16-21-7-8-26-16)23-18(14,3)11-5-6-13(20)12(19)9-11/h5-9H,4H2,1-3H3,(H,22,23). The van der Waals surface area contributed by atoms with Crippen molar-refractivity contribution in [2.45, 2.75) is 26.3 Å². The average Bonchev–Trinajstić information content (AvgIpc) is 3.11. The van der Waals surface area contributed by atoms with Gasteiger partial charge < -0.3 is 10.1 Å². The highest BCUT2D eigenvalue weighted by molar-refractivity contribution is 7.11. The van der Waals surface area contributed by atoms with E-state index in [1.807, 2.05) is 5.38 Å². The fourth-order valence-corrected chi connectivity index (χ4v) is 3.68. The smallest absolute Gasteiger partial charge is 0.338 e. The Morgan fingerprint density at radius 2 is 2.23 bits per heavy atom. The van der Waals surface area contributed by atoms with Crippen LogP contribution in [0, 0.1) is 5.82 Å². The molecule has 3 rings (SSSR count). The van der Waals surface area contributed by atoms with Crippen LogP contribution in [0.3, 0.4) is 0 Å². The van der Waals surface area contributed by atoms with E-state index >= 15 is 0 Å². The Balaban J connectivity index is 2.19. The number of allylic oxidation sites excluding steroid dienone is 1. The maximum absolute atomic E-state index is 13.7. The molecule has 1 N–H and O–H groups in total. The molecule has 0 saturated carbocycles. The number of aliphatic imine (C=N–C) groups is 1. The van der Waals surface area contributed by atoms with Crippen LogP contribution < -0.4 is 5.32 Å². The number of thiazole rings is 1. The van der Waals surface area contributed by atoms with Gasteiger partial charge >= 0.3 is 5.97 Å². The Hall–Kier alpha value is -2.25. The second-order valence-electron chi connectivity index (χ2n) is 5.84. The first-order valence-corrected chi connectivity index (χ1v) is 9.23. The molecule has 1 atom stereocenters. The predicted octanol–water partition coefficient (Wildman–Crippen LogP) is 4.04. The van der Waals surface area contributed by atoms with E-state index in [2.05, 4.69) is 10.3 Å². The zero-order chi connectivity index (χ0) is 18.9.